The van der Waals surface area contributed by atoms with Crippen molar-refractivity contribution < 1.29 is 0 Å². The number of fused-ring (bicyclic) bond motifs is 1. The molecule has 2 aromatic rings. The van der Waals surface area contributed by atoms with Gasteiger partial charge in [-0.3, -0.25) is 4.98 Å². The third-order valence-corrected chi connectivity index (χ3v) is 3.88. The molecule has 78 valence electrons. The summed E-state index contributed by atoms with van der Waals surface area (Å²) in [5.41, 5.74) is 1.04. The van der Waals surface area contributed by atoms with E-state index < -0.39 is 0 Å². The number of aromatic nitrogens is 2. The summed E-state index contributed by atoms with van der Waals surface area (Å²) in [6.07, 6.45) is 7.33. The van der Waals surface area contributed by atoms with Gasteiger partial charge in [0.2, 0.25) is 0 Å². The van der Waals surface area contributed by atoms with Crippen molar-refractivity contribution in [3.05, 3.63) is 23.5 Å². The summed E-state index contributed by atoms with van der Waals surface area (Å²) < 4.78 is 1.25. The van der Waals surface area contributed by atoms with E-state index in [0.29, 0.717) is 6.04 Å². The fraction of sp³-hybridized carbons (Fsp3) is 0.455. The maximum absolute atomic E-state index is 4.59. The molecule has 0 spiro atoms. The molecule has 3 heterocycles. The van der Waals surface area contributed by atoms with Gasteiger partial charge in [0.05, 0.1) is 21.4 Å². The second-order valence-electron chi connectivity index (χ2n) is 3.95. The molecule has 0 aromatic carbocycles. The summed E-state index contributed by atoms with van der Waals surface area (Å²) >= 11 is 1.79. The van der Waals surface area contributed by atoms with Crippen molar-refractivity contribution in [2.24, 2.45) is 0 Å². The molecule has 1 N–H and O–H groups in total. The first-order chi connectivity index (χ1) is 7.42. The van der Waals surface area contributed by atoms with Gasteiger partial charge in [0, 0.05) is 18.7 Å². The zero-order valence-corrected chi connectivity index (χ0v) is 9.26. The van der Waals surface area contributed by atoms with E-state index in [1.165, 1.54) is 22.5 Å². The van der Waals surface area contributed by atoms with E-state index in [2.05, 4.69) is 15.3 Å². The standard InChI is InChI=1S/C11H13N3S/c1-2-8(13-4-1)6-11-14-9-7-12-5-3-10(9)15-11/h3,5,7-8,13H,1-2,4,6H2. The van der Waals surface area contributed by atoms with Crippen LogP contribution in [-0.4, -0.2) is 22.6 Å². The molecule has 0 amide bonds. The lowest BCUT2D eigenvalue weighted by Gasteiger charge is -2.05. The van der Waals surface area contributed by atoms with Crippen LogP contribution < -0.4 is 5.32 Å². The highest BCUT2D eigenvalue weighted by Gasteiger charge is 2.16. The van der Waals surface area contributed by atoms with Gasteiger partial charge in [0.15, 0.2) is 0 Å². The van der Waals surface area contributed by atoms with Crippen molar-refractivity contribution in [2.75, 3.05) is 6.54 Å². The van der Waals surface area contributed by atoms with Gasteiger partial charge in [-0.15, -0.1) is 11.3 Å². The van der Waals surface area contributed by atoms with Crippen LogP contribution in [0, 0.1) is 0 Å². The average molecular weight is 219 g/mol. The second-order valence-corrected chi connectivity index (χ2v) is 5.06. The van der Waals surface area contributed by atoms with Crippen LogP contribution in [0.5, 0.6) is 0 Å². The third kappa shape index (κ3) is 1.87. The van der Waals surface area contributed by atoms with E-state index in [1.807, 2.05) is 18.5 Å². The van der Waals surface area contributed by atoms with E-state index in [0.717, 1.165) is 18.5 Å². The number of nitrogens with zero attached hydrogens (tertiary/aromatic N) is 2. The van der Waals surface area contributed by atoms with Crippen LogP contribution in [-0.2, 0) is 6.42 Å². The van der Waals surface area contributed by atoms with Gasteiger partial charge in [-0.2, -0.15) is 0 Å². The Bertz CT molecular complexity index is 427. The Kier molecular flexibility index (Phi) is 2.38. The maximum Gasteiger partial charge on any atom is 0.0998 e. The molecule has 4 heteroatoms. The van der Waals surface area contributed by atoms with Gasteiger partial charge in [-0.05, 0) is 25.5 Å². The number of thiazole rings is 1. The van der Waals surface area contributed by atoms with Gasteiger partial charge in [-0.25, -0.2) is 4.98 Å². The van der Waals surface area contributed by atoms with Crippen LogP contribution >= 0.6 is 11.3 Å². The van der Waals surface area contributed by atoms with Crippen LogP contribution in [0.15, 0.2) is 18.5 Å². The van der Waals surface area contributed by atoms with Crippen molar-refractivity contribution >= 4 is 21.6 Å². The minimum atomic E-state index is 0.638. The van der Waals surface area contributed by atoms with Gasteiger partial charge >= 0.3 is 0 Å². The van der Waals surface area contributed by atoms with Crippen LogP contribution in [0.25, 0.3) is 10.2 Å². The summed E-state index contributed by atoms with van der Waals surface area (Å²) in [7, 11) is 0. The first kappa shape index (κ1) is 9.24. The molecule has 0 saturated carbocycles. The largest absolute Gasteiger partial charge is 0.314 e. The molecule has 0 bridgehead atoms. The number of hydrogen-bond acceptors (Lipinski definition) is 4. The summed E-state index contributed by atoms with van der Waals surface area (Å²) in [6.45, 7) is 1.16. The smallest absolute Gasteiger partial charge is 0.0998 e. The van der Waals surface area contributed by atoms with Crippen molar-refractivity contribution in [1.82, 2.24) is 15.3 Å². The molecular formula is C11H13N3S. The maximum atomic E-state index is 4.59. The molecule has 15 heavy (non-hydrogen) atoms. The first-order valence-electron chi connectivity index (χ1n) is 5.34. The summed E-state index contributed by atoms with van der Waals surface area (Å²) in [5.74, 6) is 0. The Morgan fingerprint density at radius 1 is 1.53 bits per heavy atom. The predicted molar refractivity (Wildman–Crippen MR) is 62.1 cm³/mol. The molecule has 1 unspecified atom stereocenters. The Morgan fingerprint density at radius 2 is 2.53 bits per heavy atom. The highest BCUT2D eigenvalue weighted by Crippen LogP contribution is 2.23. The van der Waals surface area contributed by atoms with Crippen LogP contribution in [0.3, 0.4) is 0 Å². The summed E-state index contributed by atoms with van der Waals surface area (Å²) in [5, 5.41) is 4.73. The van der Waals surface area contributed by atoms with Crippen molar-refractivity contribution in [3.8, 4) is 0 Å². The predicted octanol–water partition coefficient (Wildman–Crippen LogP) is 1.99. The quantitative estimate of drug-likeness (QED) is 0.839. The Morgan fingerprint density at radius 3 is 3.33 bits per heavy atom. The zero-order chi connectivity index (χ0) is 10.1. The minimum absolute atomic E-state index is 0.638. The van der Waals surface area contributed by atoms with Crippen molar-refractivity contribution in [1.29, 1.82) is 0 Å². The molecule has 2 aromatic heterocycles. The van der Waals surface area contributed by atoms with Gasteiger partial charge in [0.25, 0.3) is 0 Å². The third-order valence-electron chi connectivity index (χ3n) is 2.82. The molecule has 1 atom stereocenters. The highest BCUT2D eigenvalue weighted by molar-refractivity contribution is 7.18. The summed E-state index contributed by atoms with van der Waals surface area (Å²) in [4.78, 5) is 8.68. The molecule has 1 aliphatic heterocycles. The van der Waals surface area contributed by atoms with E-state index in [-0.39, 0.29) is 0 Å². The monoisotopic (exact) mass is 219 g/mol. The normalized spacial score (nSPS) is 21.2. The lowest BCUT2D eigenvalue weighted by Crippen LogP contribution is -2.23. The number of nitrogens with one attached hydrogen (secondary N) is 1. The summed E-state index contributed by atoms with van der Waals surface area (Å²) in [6, 6.07) is 2.68. The van der Waals surface area contributed by atoms with Crippen LogP contribution in [0.4, 0.5) is 0 Å². The second kappa shape index (κ2) is 3.87. The lowest BCUT2D eigenvalue weighted by molar-refractivity contribution is 0.602. The van der Waals surface area contributed by atoms with Gasteiger partial charge in [-0.1, -0.05) is 0 Å². The molecular weight excluding hydrogens is 206 g/mol. The van der Waals surface area contributed by atoms with Crippen molar-refractivity contribution in [2.45, 2.75) is 25.3 Å². The SMILES string of the molecule is c1cc2sc(CC3CCCN3)nc2cn1. The molecule has 1 saturated heterocycles. The van der Waals surface area contributed by atoms with E-state index in [9.17, 15) is 0 Å². The minimum Gasteiger partial charge on any atom is -0.314 e. The number of pyridine rings is 1. The highest BCUT2D eigenvalue weighted by atomic mass is 32.1. The Balaban J connectivity index is 1.84. The van der Waals surface area contributed by atoms with Crippen molar-refractivity contribution in [3.63, 3.8) is 0 Å². The van der Waals surface area contributed by atoms with E-state index in [4.69, 9.17) is 0 Å². The Hall–Kier alpha value is -1.00. The zero-order valence-electron chi connectivity index (χ0n) is 8.44. The molecule has 0 aliphatic carbocycles. The van der Waals surface area contributed by atoms with E-state index >= 15 is 0 Å². The van der Waals surface area contributed by atoms with Gasteiger partial charge in [0.1, 0.15) is 0 Å². The van der Waals surface area contributed by atoms with Crippen LogP contribution in [0.2, 0.25) is 0 Å². The molecule has 0 radical (unpaired) electrons. The molecule has 3 nitrogen and oxygen atoms in total. The first-order valence-corrected chi connectivity index (χ1v) is 6.16. The lowest BCUT2D eigenvalue weighted by atomic mass is 10.2. The van der Waals surface area contributed by atoms with E-state index in [1.54, 1.807) is 11.3 Å². The fourth-order valence-electron chi connectivity index (χ4n) is 2.06. The molecule has 1 aliphatic rings. The number of rotatable bonds is 2. The topological polar surface area (TPSA) is 37.8 Å². The molecule has 3 rings (SSSR count). The Labute approximate surface area is 92.6 Å². The molecule has 1 fully saturated rings. The number of hydrogen-bond donors (Lipinski definition) is 1. The average Bonchev–Trinajstić information content (AvgIpc) is 2.86. The van der Waals surface area contributed by atoms with Crippen LogP contribution in [0.1, 0.15) is 17.8 Å². The fourth-order valence-corrected chi connectivity index (χ4v) is 3.07. The van der Waals surface area contributed by atoms with Gasteiger partial charge < -0.3 is 5.32 Å².